The van der Waals surface area contributed by atoms with Crippen LogP contribution in [0.5, 0.6) is 0 Å². The number of H-pyrrole nitrogens is 1. The lowest BCUT2D eigenvalue weighted by Gasteiger charge is -2.18. The maximum Gasteiger partial charge on any atom is 0.253 e. The van der Waals surface area contributed by atoms with E-state index >= 15 is 0 Å². The van der Waals surface area contributed by atoms with E-state index in [-0.39, 0.29) is 17.3 Å². The summed E-state index contributed by atoms with van der Waals surface area (Å²) in [4.78, 5) is 13.5. The third-order valence-corrected chi connectivity index (χ3v) is 5.66. The molecule has 0 atom stereocenters. The maximum atomic E-state index is 12.8. The molecule has 24 heavy (non-hydrogen) atoms. The topological polar surface area (TPSA) is 86.4 Å². The molecule has 2 rings (SSSR count). The molecule has 1 N–H and O–H groups in total. The zero-order chi connectivity index (χ0) is 18.1. The van der Waals surface area contributed by atoms with Crippen molar-refractivity contribution in [2.24, 2.45) is 0 Å². The summed E-state index contributed by atoms with van der Waals surface area (Å²) in [5, 5.41) is 6.93. The van der Waals surface area contributed by atoms with Gasteiger partial charge in [-0.05, 0) is 32.0 Å². The van der Waals surface area contributed by atoms with Crippen LogP contribution in [0.1, 0.15) is 27.3 Å². The first-order valence-corrected chi connectivity index (χ1v) is 8.87. The number of carbonyl (C=O) groups is 1. The highest BCUT2D eigenvalue weighted by Crippen LogP contribution is 2.20. The van der Waals surface area contributed by atoms with Crippen molar-refractivity contribution in [1.29, 1.82) is 0 Å². The van der Waals surface area contributed by atoms with Gasteiger partial charge in [-0.15, -0.1) is 0 Å². The zero-order valence-electron chi connectivity index (χ0n) is 14.5. The van der Waals surface area contributed by atoms with E-state index in [4.69, 9.17) is 0 Å². The van der Waals surface area contributed by atoms with Crippen LogP contribution in [0.2, 0.25) is 0 Å². The maximum absolute atomic E-state index is 12.8. The Morgan fingerprint density at radius 2 is 1.88 bits per heavy atom. The summed E-state index contributed by atoms with van der Waals surface area (Å²) in [6.45, 7) is 3.89. The summed E-state index contributed by atoms with van der Waals surface area (Å²) in [7, 11) is 1.06. The minimum absolute atomic E-state index is 0.0940. The number of sulfonamides is 1. The summed E-state index contributed by atoms with van der Waals surface area (Å²) < 4.78 is 26.9. The molecule has 1 amide bonds. The Bertz CT molecular complexity index is 836. The van der Waals surface area contributed by atoms with Crippen LogP contribution < -0.4 is 0 Å². The second-order valence-corrected chi connectivity index (χ2v) is 7.95. The van der Waals surface area contributed by atoms with Crippen molar-refractivity contribution in [1.82, 2.24) is 19.4 Å². The number of aryl methyl sites for hydroxylation is 2. The molecule has 0 spiro atoms. The first-order valence-electron chi connectivity index (χ1n) is 7.43. The summed E-state index contributed by atoms with van der Waals surface area (Å²) in [6, 6.07) is 6.08. The van der Waals surface area contributed by atoms with E-state index in [0.29, 0.717) is 5.56 Å². The largest absolute Gasteiger partial charge is 0.345 e. The number of hydrogen-bond donors (Lipinski definition) is 1. The molecule has 0 aliphatic heterocycles. The minimum atomic E-state index is -3.71. The van der Waals surface area contributed by atoms with Gasteiger partial charge in [0.25, 0.3) is 5.91 Å². The highest BCUT2D eigenvalue weighted by molar-refractivity contribution is 7.89. The highest BCUT2D eigenvalue weighted by Gasteiger charge is 2.24. The second-order valence-electron chi connectivity index (χ2n) is 5.90. The molecule has 1 aromatic carbocycles. The average Bonchev–Trinajstić information content (AvgIpc) is 2.86. The third kappa shape index (κ3) is 3.49. The number of aromatic nitrogens is 2. The Balaban J connectivity index is 2.33. The molecule has 0 bridgehead atoms. The lowest BCUT2D eigenvalue weighted by Crippen LogP contribution is -2.27. The Kier molecular flexibility index (Phi) is 5.10. The Hall–Kier alpha value is -2.19. The molecule has 7 nitrogen and oxygen atoms in total. The molecule has 0 fully saturated rings. The number of amides is 1. The Labute approximate surface area is 142 Å². The number of rotatable bonds is 5. The second kappa shape index (κ2) is 6.74. The van der Waals surface area contributed by atoms with Crippen LogP contribution in [-0.4, -0.2) is 54.9 Å². The highest BCUT2D eigenvalue weighted by atomic mass is 32.2. The van der Waals surface area contributed by atoms with Crippen LogP contribution >= 0.6 is 0 Å². The van der Waals surface area contributed by atoms with E-state index in [1.165, 1.54) is 28.4 Å². The molecular weight excluding hydrogens is 328 g/mol. The smallest absolute Gasteiger partial charge is 0.253 e. The number of nitrogens with one attached hydrogen (secondary N) is 1. The predicted molar refractivity (Wildman–Crippen MR) is 91.2 cm³/mol. The SMILES string of the molecule is Cc1n[nH]c(C)c1CN(C)S(=O)(=O)c1cccc(C(=O)N(C)C)c1. The molecule has 0 saturated carbocycles. The molecule has 0 saturated heterocycles. The van der Waals surface area contributed by atoms with Gasteiger partial charge in [0, 0.05) is 44.5 Å². The van der Waals surface area contributed by atoms with Gasteiger partial charge in [-0.1, -0.05) is 6.07 Å². The third-order valence-electron chi connectivity index (χ3n) is 3.86. The first kappa shape index (κ1) is 18.2. The van der Waals surface area contributed by atoms with Crippen molar-refractivity contribution < 1.29 is 13.2 Å². The van der Waals surface area contributed by atoms with E-state index < -0.39 is 10.0 Å². The van der Waals surface area contributed by atoms with E-state index in [1.54, 1.807) is 26.2 Å². The Morgan fingerprint density at radius 3 is 2.42 bits per heavy atom. The van der Waals surface area contributed by atoms with Gasteiger partial charge in [0.05, 0.1) is 10.6 Å². The monoisotopic (exact) mass is 350 g/mol. The van der Waals surface area contributed by atoms with Gasteiger partial charge in [-0.2, -0.15) is 9.40 Å². The molecule has 0 unspecified atom stereocenters. The van der Waals surface area contributed by atoms with Gasteiger partial charge in [0.1, 0.15) is 0 Å². The van der Waals surface area contributed by atoms with Gasteiger partial charge >= 0.3 is 0 Å². The number of aromatic amines is 1. The van der Waals surface area contributed by atoms with Crippen molar-refractivity contribution in [3.05, 3.63) is 46.8 Å². The number of hydrogen-bond acceptors (Lipinski definition) is 4. The van der Waals surface area contributed by atoms with Crippen LogP contribution in [0.4, 0.5) is 0 Å². The van der Waals surface area contributed by atoms with Gasteiger partial charge in [0.2, 0.25) is 10.0 Å². The average molecular weight is 350 g/mol. The molecule has 2 aromatic rings. The van der Waals surface area contributed by atoms with E-state index in [1.807, 2.05) is 13.8 Å². The molecular formula is C16H22N4O3S. The molecule has 1 aromatic heterocycles. The standard InChI is InChI=1S/C16H22N4O3S/c1-11-15(12(2)18-17-11)10-20(5)24(22,23)14-8-6-7-13(9-14)16(21)19(3)4/h6-9H,10H2,1-5H3,(H,17,18). The Morgan fingerprint density at radius 1 is 1.21 bits per heavy atom. The summed E-state index contributed by atoms with van der Waals surface area (Å²) in [6.07, 6.45) is 0. The van der Waals surface area contributed by atoms with E-state index in [2.05, 4.69) is 10.2 Å². The fourth-order valence-electron chi connectivity index (χ4n) is 2.34. The van der Waals surface area contributed by atoms with Gasteiger partial charge < -0.3 is 4.90 Å². The van der Waals surface area contributed by atoms with Gasteiger partial charge in [0.15, 0.2) is 0 Å². The van der Waals surface area contributed by atoms with Crippen molar-refractivity contribution >= 4 is 15.9 Å². The van der Waals surface area contributed by atoms with Crippen LogP contribution in [0.3, 0.4) is 0 Å². The van der Waals surface area contributed by atoms with Crippen LogP contribution in [0.25, 0.3) is 0 Å². The fraction of sp³-hybridized carbons (Fsp3) is 0.375. The molecule has 8 heteroatoms. The van der Waals surface area contributed by atoms with E-state index in [9.17, 15) is 13.2 Å². The van der Waals surface area contributed by atoms with Gasteiger partial charge in [-0.3, -0.25) is 9.89 Å². The van der Waals surface area contributed by atoms with Crippen LogP contribution in [-0.2, 0) is 16.6 Å². The molecule has 0 aliphatic rings. The van der Waals surface area contributed by atoms with Gasteiger partial charge in [-0.25, -0.2) is 8.42 Å². The molecule has 1 heterocycles. The lowest BCUT2D eigenvalue weighted by atomic mass is 10.2. The van der Waals surface area contributed by atoms with Crippen molar-refractivity contribution in [2.45, 2.75) is 25.3 Å². The van der Waals surface area contributed by atoms with Crippen molar-refractivity contribution in [3.63, 3.8) is 0 Å². The lowest BCUT2D eigenvalue weighted by molar-refractivity contribution is 0.0827. The summed E-state index contributed by atoms with van der Waals surface area (Å²) >= 11 is 0. The fourth-order valence-corrected chi connectivity index (χ4v) is 3.53. The summed E-state index contributed by atoms with van der Waals surface area (Å²) in [5.41, 5.74) is 2.80. The normalized spacial score (nSPS) is 11.8. The van der Waals surface area contributed by atoms with Crippen molar-refractivity contribution in [2.75, 3.05) is 21.1 Å². The van der Waals surface area contributed by atoms with E-state index in [0.717, 1.165) is 17.0 Å². The molecule has 130 valence electrons. The van der Waals surface area contributed by atoms with Crippen molar-refractivity contribution in [3.8, 4) is 0 Å². The predicted octanol–water partition coefficient (Wildman–Crippen LogP) is 1.55. The zero-order valence-corrected chi connectivity index (χ0v) is 15.3. The molecule has 0 aliphatic carbocycles. The minimum Gasteiger partial charge on any atom is -0.345 e. The molecule has 0 radical (unpaired) electrons. The number of benzene rings is 1. The summed E-state index contributed by atoms with van der Waals surface area (Å²) in [5.74, 6) is -0.240. The van der Waals surface area contributed by atoms with Crippen LogP contribution in [0.15, 0.2) is 29.2 Å². The number of carbonyl (C=O) groups excluding carboxylic acids is 1. The van der Waals surface area contributed by atoms with Crippen LogP contribution in [0, 0.1) is 13.8 Å². The number of nitrogens with zero attached hydrogens (tertiary/aromatic N) is 3. The first-order chi connectivity index (χ1) is 11.1. The quantitative estimate of drug-likeness (QED) is 0.886.